The molecule has 1 rings (SSSR count). The molecule has 1 aromatic rings. The van der Waals surface area contributed by atoms with Gasteiger partial charge in [-0.2, -0.15) is 0 Å². The molecule has 0 aliphatic carbocycles. The maximum atomic E-state index is 5.86. The van der Waals surface area contributed by atoms with Gasteiger partial charge in [0, 0.05) is 17.6 Å². The molecule has 0 spiro atoms. The van der Waals surface area contributed by atoms with Crippen LogP contribution in [-0.2, 0) is 0 Å². The van der Waals surface area contributed by atoms with Crippen LogP contribution in [0, 0.1) is 13.8 Å². The highest BCUT2D eigenvalue weighted by Crippen LogP contribution is 2.26. The number of hydrogen-bond donors (Lipinski definition) is 1. The van der Waals surface area contributed by atoms with Gasteiger partial charge >= 0.3 is 0 Å². The normalized spacial score (nSPS) is 12.2. The van der Waals surface area contributed by atoms with Crippen molar-refractivity contribution in [2.75, 3.05) is 13.1 Å². The van der Waals surface area contributed by atoms with E-state index >= 15 is 0 Å². The molecule has 0 aliphatic heterocycles. The Hall–Kier alpha value is -0.800. The summed E-state index contributed by atoms with van der Waals surface area (Å²) in [5.74, 6) is 0.927. The standard InChI is InChI=1S/C14H20BrNO/c1-5-6-16-9-12(4)17-13-7-10(2)14(15)11(3)8-13/h5,7-8,12,16H,1,6,9H2,2-4H3. The topological polar surface area (TPSA) is 21.3 Å². The highest BCUT2D eigenvalue weighted by molar-refractivity contribution is 9.10. The van der Waals surface area contributed by atoms with Gasteiger partial charge in [-0.3, -0.25) is 0 Å². The molecule has 0 bridgehead atoms. The Kier molecular flexibility index (Phi) is 5.72. The van der Waals surface area contributed by atoms with E-state index in [1.54, 1.807) is 0 Å². The Morgan fingerprint density at radius 3 is 2.53 bits per heavy atom. The average molecular weight is 298 g/mol. The first kappa shape index (κ1) is 14.3. The van der Waals surface area contributed by atoms with Crippen LogP contribution in [0.15, 0.2) is 29.3 Å². The lowest BCUT2D eigenvalue weighted by Crippen LogP contribution is -2.28. The van der Waals surface area contributed by atoms with Crippen molar-refractivity contribution < 1.29 is 4.74 Å². The Labute approximate surface area is 112 Å². The number of benzene rings is 1. The predicted molar refractivity (Wildman–Crippen MR) is 76.8 cm³/mol. The van der Waals surface area contributed by atoms with Gasteiger partial charge in [0.05, 0.1) is 0 Å². The third kappa shape index (κ3) is 4.52. The molecule has 0 fully saturated rings. The lowest BCUT2D eigenvalue weighted by molar-refractivity contribution is 0.219. The molecular formula is C14H20BrNO. The summed E-state index contributed by atoms with van der Waals surface area (Å²) >= 11 is 3.55. The van der Waals surface area contributed by atoms with Gasteiger partial charge in [-0.15, -0.1) is 6.58 Å². The largest absolute Gasteiger partial charge is 0.489 e. The summed E-state index contributed by atoms with van der Waals surface area (Å²) in [4.78, 5) is 0. The van der Waals surface area contributed by atoms with Crippen LogP contribution in [0.1, 0.15) is 18.1 Å². The summed E-state index contributed by atoms with van der Waals surface area (Å²) in [6, 6.07) is 4.11. The van der Waals surface area contributed by atoms with Crippen LogP contribution in [0.3, 0.4) is 0 Å². The molecule has 0 amide bonds. The van der Waals surface area contributed by atoms with Gasteiger partial charge in [-0.05, 0) is 44.0 Å². The van der Waals surface area contributed by atoms with Crippen LogP contribution >= 0.6 is 15.9 Å². The summed E-state index contributed by atoms with van der Waals surface area (Å²) in [7, 11) is 0. The van der Waals surface area contributed by atoms with Crippen molar-refractivity contribution in [2.24, 2.45) is 0 Å². The van der Waals surface area contributed by atoms with Gasteiger partial charge in [-0.25, -0.2) is 0 Å². The molecule has 1 aromatic carbocycles. The maximum Gasteiger partial charge on any atom is 0.120 e. The zero-order valence-corrected chi connectivity index (χ0v) is 12.3. The number of aryl methyl sites for hydroxylation is 2. The Bertz CT molecular complexity index is 367. The molecule has 2 nitrogen and oxygen atoms in total. The van der Waals surface area contributed by atoms with E-state index in [2.05, 4.69) is 60.7 Å². The zero-order valence-electron chi connectivity index (χ0n) is 10.7. The molecule has 0 saturated carbocycles. The van der Waals surface area contributed by atoms with E-state index < -0.39 is 0 Å². The second-order valence-corrected chi connectivity index (χ2v) is 5.04. The van der Waals surface area contributed by atoms with Gasteiger partial charge in [0.1, 0.15) is 11.9 Å². The second-order valence-electron chi connectivity index (χ2n) is 4.25. The van der Waals surface area contributed by atoms with E-state index in [0.717, 1.165) is 23.3 Å². The summed E-state index contributed by atoms with van der Waals surface area (Å²) < 4.78 is 7.01. The molecular weight excluding hydrogens is 278 g/mol. The van der Waals surface area contributed by atoms with Crippen molar-refractivity contribution in [1.29, 1.82) is 0 Å². The van der Waals surface area contributed by atoms with Crippen LogP contribution in [0.25, 0.3) is 0 Å². The van der Waals surface area contributed by atoms with Crippen molar-refractivity contribution in [3.8, 4) is 5.75 Å². The van der Waals surface area contributed by atoms with Crippen molar-refractivity contribution >= 4 is 15.9 Å². The maximum absolute atomic E-state index is 5.86. The number of ether oxygens (including phenoxy) is 1. The molecule has 0 aromatic heterocycles. The van der Waals surface area contributed by atoms with Crippen molar-refractivity contribution in [1.82, 2.24) is 5.32 Å². The highest BCUT2D eigenvalue weighted by Gasteiger charge is 2.06. The quantitative estimate of drug-likeness (QED) is 0.640. The molecule has 1 unspecified atom stereocenters. The molecule has 3 heteroatoms. The number of rotatable bonds is 6. The molecule has 0 heterocycles. The predicted octanol–water partition coefficient (Wildman–Crippen LogP) is 3.61. The van der Waals surface area contributed by atoms with E-state index in [1.165, 1.54) is 11.1 Å². The second kappa shape index (κ2) is 6.82. The molecule has 0 aliphatic rings. The number of nitrogens with one attached hydrogen (secondary N) is 1. The highest BCUT2D eigenvalue weighted by atomic mass is 79.9. The fourth-order valence-electron chi connectivity index (χ4n) is 1.64. The summed E-state index contributed by atoms with van der Waals surface area (Å²) in [5.41, 5.74) is 2.40. The van der Waals surface area contributed by atoms with Gasteiger partial charge in [0.2, 0.25) is 0 Å². The average Bonchev–Trinajstić information content (AvgIpc) is 2.26. The first-order chi connectivity index (χ1) is 8.04. The van der Waals surface area contributed by atoms with Gasteiger partial charge in [-0.1, -0.05) is 22.0 Å². The summed E-state index contributed by atoms with van der Waals surface area (Å²) in [6.45, 7) is 11.5. The van der Waals surface area contributed by atoms with Crippen LogP contribution < -0.4 is 10.1 Å². The third-order valence-corrected chi connectivity index (χ3v) is 3.72. The number of halogens is 1. The van der Waals surface area contributed by atoms with E-state index in [1.807, 2.05) is 6.08 Å². The number of hydrogen-bond acceptors (Lipinski definition) is 2. The van der Waals surface area contributed by atoms with Gasteiger partial charge in [0.25, 0.3) is 0 Å². The Morgan fingerprint density at radius 1 is 1.41 bits per heavy atom. The Balaban J connectivity index is 2.59. The van der Waals surface area contributed by atoms with E-state index in [-0.39, 0.29) is 6.10 Å². The van der Waals surface area contributed by atoms with Gasteiger partial charge in [0.15, 0.2) is 0 Å². The lowest BCUT2D eigenvalue weighted by atomic mass is 10.1. The van der Waals surface area contributed by atoms with Crippen molar-refractivity contribution in [3.05, 3.63) is 40.4 Å². The summed E-state index contributed by atoms with van der Waals surface area (Å²) in [5, 5.41) is 3.24. The lowest BCUT2D eigenvalue weighted by Gasteiger charge is -2.16. The molecule has 94 valence electrons. The van der Waals surface area contributed by atoms with Gasteiger partial charge < -0.3 is 10.1 Å². The van der Waals surface area contributed by atoms with Crippen LogP contribution in [0.5, 0.6) is 5.75 Å². The van der Waals surface area contributed by atoms with Crippen LogP contribution in [0.2, 0.25) is 0 Å². The van der Waals surface area contributed by atoms with Crippen molar-refractivity contribution in [3.63, 3.8) is 0 Å². The third-order valence-electron chi connectivity index (χ3n) is 2.47. The molecule has 1 atom stereocenters. The van der Waals surface area contributed by atoms with Crippen molar-refractivity contribution in [2.45, 2.75) is 26.9 Å². The van der Waals surface area contributed by atoms with E-state index in [9.17, 15) is 0 Å². The van der Waals surface area contributed by atoms with Crippen LogP contribution in [0.4, 0.5) is 0 Å². The minimum Gasteiger partial charge on any atom is -0.489 e. The molecule has 1 N–H and O–H groups in total. The van der Waals surface area contributed by atoms with E-state index in [4.69, 9.17) is 4.74 Å². The first-order valence-corrected chi connectivity index (χ1v) is 6.59. The van der Waals surface area contributed by atoms with Crippen LogP contribution in [-0.4, -0.2) is 19.2 Å². The fourth-order valence-corrected chi connectivity index (χ4v) is 1.87. The zero-order chi connectivity index (χ0) is 12.8. The van der Waals surface area contributed by atoms with E-state index in [0.29, 0.717) is 0 Å². The SMILES string of the molecule is C=CCNCC(C)Oc1cc(C)c(Br)c(C)c1. The Morgan fingerprint density at radius 2 is 2.00 bits per heavy atom. The molecule has 17 heavy (non-hydrogen) atoms. The molecule has 0 saturated heterocycles. The smallest absolute Gasteiger partial charge is 0.120 e. The fraction of sp³-hybridized carbons (Fsp3) is 0.429. The minimum absolute atomic E-state index is 0.148. The minimum atomic E-state index is 0.148. The summed E-state index contributed by atoms with van der Waals surface area (Å²) in [6.07, 6.45) is 2.00. The first-order valence-electron chi connectivity index (χ1n) is 5.79. The molecule has 0 radical (unpaired) electrons. The monoisotopic (exact) mass is 297 g/mol.